The quantitative estimate of drug-likeness (QED) is 0.439. The van der Waals surface area contributed by atoms with Gasteiger partial charge in [0, 0.05) is 39.8 Å². The van der Waals surface area contributed by atoms with Crippen molar-refractivity contribution in [3.05, 3.63) is 24.3 Å². The number of hydrogen-bond donors (Lipinski definition) is 1. The fourth-order valence-corrected chi connectivity index (χ4v) is 4.14. The van der Waals surface area contributed by atoms with Crippen molar-refractivity contribution in [2.75, 3.05) is 58.3 Å². The van der Waals surface area contributed by atoms with Crippen LogP contribution < -0.4 is 15.0 Å². The molecular weight excluding hydrogens is 354 g/mol. The number of carbonyl (C=O) groups excluding carboxylic acids is 1. The van der Waals surface area contributed by atoms with Gasteiger partial charge in [0.05, 0.1) is 5.69 Å². The summed E-state index contributed by atoms with van der Waals surface area (Å²) < 4.78 is 5.50. The Balaban J connectivity index is 1.47. The average molecular weight is 388 g/mol. The van der Waals surface area contributed by atoms with Crippen LogP contribution in [0.1, 0.15) is 26.2 Å². The Morgan fingerprint density at radius 2 is 2.21 bits per heavy atom. The molecule has 1 aromatic carbocycles. The highest BCUT2D eigenvalue weighted by Crippen LogP contribution is 2.31. The molecule has 3 rings (SSSR count). The van der Waals surface area contributed by atoms with Crippen molar-refractivity contribution in [1.82, 2.24) is 15.1 Å². The van der Waals surface area contributed by atoms with Crippen LogP contribution in [0, 0.1) is 0 Å². The van der Waals surface area contributed by atoms with E-state index in [4.69, 9.17) is 4.74 Å². The predicted octanol–water partition coefficient (Wildman–Crippen LogP) is 1.79. The van der Waals surface area contributed by atoms with Crippen LogP contribution >= 0.6 is 0 Å². The molecular formula is C21H33N5O2. The number of likely N-dealkylation sites (tertiary alicyclic amines) is 1. The molecule has 1 aromatic rings. The number of aliphatic imine (C=N–C) groups is 1. The van der Waals surface area contributed by atoms with Crippen molar-refractivity contribution in [1.29, 1.82) is 0 Å². The van der Waals surface area contributed by atoms with Gasteiger partial charge in [-0.1, -0.05) is 19.1 Å². The van der Waals surface area contributed by atoms with Crippen LogP contribution in [0.15, 0.2) is 29.3 Å². The van der Waals surface area contributed by atoms with Gasteiger partial charge >= 0.3 is 0 Å². The van der Waals surface area contributed by atoms with Gasteiger partial charge in [0.1, 0.15) is 5.75 Å². The zero-order chi connectivity index (χ0) is 19.9. The first-order chi connectivity index (χ1) is 13.6. The Bertz CT molecular complexity index is 693. The van der Waals surface area contributed by atoms with E-state index in [0.29, 0.717) is 12.6 Å². The molecule has 0 saturated carbocycles. The number of hydrogen-bond acceptors (Lipinski definition) is 4. The second kappa shape index (κ2) is 9.78. The number of carbonyl (C=O) groups is 1. The van der Waals surface area contributed by atoms with Gasteiger partial charge in [-0.25, -0.2) is 0 Å². The third-order valence-corrected chi connectivity index (χ3v) is 5.61. The van der Waals surface area contributed by atoms with E-state index < -0.39 is 0 Å². The molecule has 0 spiro atoms. The summed E-state index contributed by atoms with van der Waals surface area (Å²) in [6, 6.07) is 8.32. The largest absolute Gasteiger partial charge is 0.482 e. The second-order valence-electron chi connectivity index (χ2n) is 7.43. The maximum Gasteiger partial charge on any atom is 0.265 e. The van der Waals surface area contributed by atoms with Crippen molar-refractivity contribution < 1.29 is 9.53 Å². The lowest BCUT2D eigenvalue weighted by Crippen LogP contribution is -2.46. The summed E-state index contributed by atoms with van der Waals surface area (Å²) in [7, 11) is 3.93. The van der Waals surface area contributed by atoms with Crippen molar-refractivity contribution in [2.45, 2.75) is 32.2 Å². The fourth-order valence-electron chi connectivity index (χ4n) is 4.14. The van der Waals surface area contributed by atoms with Crippen LogP contribution in [-0.2, 0) is 4.79 Å². The van der Waals surface area contributed by atoms with Gasteiger partial charge in [-0.05, 0) is 44.5 Å². The average Bonchev–Trinajstić information content (AvgIpc) is 3.16. The van der Waals surface area contributed by atoms with Crippen molar-refractivity contribution in [2.24, 2.45) is 4.99 Å². The molecule has 1 N–H and O–H groups in total. The van der Waals surface area contributed by atoms with Gasteiger partial charge in [0.25, 0.3) is 5.91 Å². The van der Waals surface area contributed by atoms with E-state index in [0.717, 1.165) is 43.5 Å². The van der Waals surface area contributed by atoms with Gasteiger partial charge in [0.15, 0.2) is 12.6 Å². The molecule has 1 fully saturated rings. The minimum absolute atomic E-state index is 0.0149. The summed E-state index contributed by atoms with van der Waals surface area (Å²) in [6.07, 6.45) is 3.39. The molecule has 1 amide bonds. The standard InChI is InChI=1S/C21H33N5O2/c1-4-25-13-7-9-17(25)15-24(3)21(22-2)23-12-8-14-26-18-10-5-6-11-19(18)28-16-20(26)27/h5-6,10-11,17H,4,7-9,12-16H2,1-3H3,(H,22,23). The van der Waals surface area contributed by atoms with Crippen LogP contribution in [0.2, 0.25) is 0 Å². The third kappa shape index (κ3) is 4.76. The number of guanidine groups is 1. The number of likely N-dealkylation sites (N-methyl/N-ethyl adjacent to an activating group) is 2. The van der Waals surface area contributed by atoms with E-state index >= 15 is 0 Å². The summed E-state index contributed by atoms with van der Waals surface area (Å²) in [5, 5.41) is 3.44. The van der Waals surface area contributed by atoms with Crippen molar-refractivity contribution in [3.63, 3.8) is 0 Å². The molecule has 1 atom stereocenters. The molecule has 154 valence electrons. The van der Waals surface area contributed by atoms with Gasteiger partial charge in [0.2, 0.25) is 0 Å². The number of ether oxygens (including phenoxy) is 1. The number of rotatable bonds is 7. The van der Waals surface area contributed by atoms with Crippen molar-refractivity contribution in [3.8, 4) is 5.75 Å². The lowest BCUT2D eigenvalue weighted by atomic mass is 10.2. The minimum atomic E-state index is 0.0149. The van der Waals surface area contributed by atoms with Crippen molar-refractivity contribution >= 4 is 17.6 Å². The molecule has 0 bridgehead atoms. The number of anilines is 1. The molecule has 0 radical (unpaired) electrons. The van der Waals surface area contributed by atoms with Crippen LogP contribution in [0.25, 0.3) is 0 Å². The zero-order valence-electron chi connectivity index (χ0n) is 17.4. The Morgan fingerprint density at radius 3 is 3.00 bits per heavy atom. The zero-order valence-corrected chi connectivity index (χ0v) is 17.4. The van der Waals surface area contributed by atoms with Gasteiger partial charge in [-0.15, -0.1) is 0 Å². The van der Waals surface area contributed by atoms with Crippen LogP contribution in [0.4, 0.5) is 5.69 Å². The lowest BCUT2D eigenvalue weighted by Gasteiger charge is -2.31. The maximum atomic E-state index is 12.2. The van der Waals surface area contributed by atoms with Crippen LogP contribution in [-0.4, -0.2) is 81.1 Å². The molecule has 28 heavy (non-hydrogen) atoms. The second-order valence-corrected chi connectivity index (χ2v) is 7.43. The predicted molar refractivity (Wildman–Crippen MR) is 113 cm³/mol. The highest BCUT2D eigenvalue weighted by molar-refractivity contribution is 5.97. The van der Waals surface area contributed by atoms with E-state index in [2.05, 4.69) is 34.1 Å². The summed E-state index contributed by atoms with van der Waals surface area (Å²) >= 11 is 0. The summed E-state index contributed by atoms with van der Waals surface area (Å²) in [4.78, 5) is 23.3. The lowest BCUT2D eigenvalue weighted by molar-refractivity contribution is -0.121. The Morgan fingerprint density at radius 1 is 1.39 bits per heavy atom. The molecule has 7 heteroatoms. The highest BCUT2D eigenvalue weighted by atomic mass is 16.5. The number of para-hydroxylation sites is 2. The first-order valence-corrected chi connectivity index (χ1v) is 10.3. The number of nitrogens with one attached hydrogen (secondary N) is 1. The topological polar surface area (TPSA) is 60.4 Å². The molecule has 0 aromatic heterocycles. The smallest absolute Gasteiger partial charge is 0.265 e. The molecule has 1 saturated heterocycles. The van der Waals surface area contributed by atoms with E-state index in [9.17, 15) is 4.79 Å². The number of nitrogens with zero attached hydrogens (tertiary/aromatic N) is 4. The Kier molecular flexibility index (Phi) is 7.14. The summed E-state index contributed by atoms with van der Waals surface area (Å²) in [5.41, 5.74) is 0.862. The number of amides is 1. The van der Waals surface area contributed by atoms with Crippen LogP contribution in [0.3, 0.4) is 0 Å². The monoisotopic (exact) mass is 387 g/mol. The van der Waals surface area contributed by atoms with E-state index in [1.807, 2.05) is 36.2 Å². The SMILES string of the molecule is CCN1CCCC1CN(C)C(=NC)NCCCN1C(=O)COc2ccccc21. The Labute approximate surface area is 168 Å². The van der Waals surface area contributed by atoms with E-state index in [-0.39, 0.29) is 12.5 Å². The summed E-state index contributed by atoms with van der Waals surface area (Å²) in [5.74, 6) is 1.71. The van der Waals surface area contributed by atoms with E-state index in [1.165, 1.54) is 19.4 Å². The molecule has 2 heterocycles. The van der Waals surface area contributed by atoms with E-state index in [1.54, 1.807) is 0 Å². The van der Waals surface area contributed by atoms with Gasteiger partial charge in [-0.2, -0.15) is 0 Å². The van der Waals surface area contributed by atoms with Gasteiger partial charge in [-0.3, -0.25) is 14.7 Å². The Hall–Kier alpha value is -2.28. The first-order valence-electron chi connectivity index (χ1n) is 10.3. The highest BCUT2D eigenvalue weighted by Gasteiger charge is 2.26. The molecule has 7 nitrogen and oxygen atoms in total. The molecule has 0 aliphatic carbocycles. The molecule has 1 unspecified atom stereocenters. The molecule has 2 aliphatic rings. The summed E-state index contributed by atoms with van der Waals surface area (Å²) in [6.45, 7) is 7.09. The number of benzene rings is 1. The van der Waals surface area contributed by atoms with Crippen LogP contribution in [0.5, 0.6) is 5.75 Å². The molecule has 2 aliphatic heterocycles. The number of fused-ring (bicyclic) bond motifs is 1. The maximum absolute atomic E-state index is 12.2. The third-order valence-electron chi connectivity index (χ3n) is 5.61. The van der Waals surface area contributed by atoms with Gasteiger partial charge < -0.3 is 19.9 Å². The first kappa shape index (κ1) is 20.5. The minimum Gasteiger partial charge on any atom is -0.482 e. The fraction of sp³-hybridized carbons (Fsp3) is 0.619. The normalized spacial score (nSPS) is 20.1.